The summed E-state index contributed by atoms with van der Waals surface area (Å²) in [7, 11) is 0. The summed E-state index contributed by atoms with van der Waals surface area (Å²) in [6.07, 6.45) is 18.1. The molecule has 0 radical (unpaired) electrons. The molecule has 0 N–H and O–H groups in total. The second kappa shape index (κ2) is 12.2. The van der Waals surface area contributed by atoms with Crippen LogP contribution in [0.5, 0.6) is 0 Å². The number of benzene rings is 1. The molecular weight excluding hydrogens is 376 g/mol. The summed E-state index contributed by atoms with van der Waals surface area (Å²) in [5, 5.41) is 0. The van der Waals surface area contributed by atoms with Crippen LogP contribution in [0.4, 0.5) is 8.78 Å². The molecule has 0 aliphatic heterocycles. The summed E-state index contributed by atoms with van der Waals surface area (Å²) in [4.78, 5) is 3.47. The van der Waals surface area contributed by atoms with E-state index in [1.807, 2.05) is 0 Å². The average Bonchev–Trinajstić information content (AvgIpc) is 2.78. The zero-order valence-corrected chi connectivity index (χ0v) is 18.5. The Balaban J connectivity index is 1.37. The lowest BCUT2D eigenvalue weighted by Crippen LogP contribution is -2.13. The fourth-order valence-electron chi connectivity index (χ4n) is 4.84. The van der Waals surface area contributed by atoms with Crippen LogP contribution in [-0.4, -0.2) is 4.98 Å². The maximum absolute atomic E-state index is 13.3. The van der Waals surface area contributed by atoms with Gasteiger partial charge in [-0.1, -0.05) is 76.1 Å². The molecule has 1 saturated carbocycles. The summed E-state index contributed by atoms with van der Waals surface area (Å²) >= 11 is 0. The van der Waals surface area contributed by atoms with E-state index in [0.717, 1.165) is 17.9 Å². The first-order valence-electron chi connectivity index (χ1n) is 12.0. The third-order valence-corrected chi connectivity index (χ3v) is 6.82. The highest BCUT2D eigenvalue weighted by Gasteiger charge is 2.22. The van der Waals surface area contributed by atoms with Gasteiger partial charge in [0.05, 0.1) is 0 Å². The van der Waals surface area contributed by atoms with Crippen molar-refractivity contribution in [1.82, 2.24) is 4.98 Å². The molecule has 2 aromatic rings. The SMILES string of the molecule is CCCCCCCCC1CCC(c2ccc(CCc3cnc(F)c(F)c3)cc2)CC1. The monoisotopic (exact) mass is 413 g/mol. The van der Waals surface area contributed by atoms with Gasteiger partial charge in [-0.25, -0.2) is 9.37 Å². The molecule has 30 heavy (non-hydrogen) atoms. The Morgan fingerprint density at radius 1 is 0.833 bits per heavy atom. The Morgan fingerprint density at radius 2 is 1.50 bits per heavy atom. The van der Waals surface area contributed by atoms with Crippen LogP contribution in [0.25, 0.3) is 0 Å². The zero-order chi connectivity index (χ0) is 21.2. The first kappa shape index (κ1) is 22.9. The smallest absolute Gasteiger partial charge is 0.225 e. The van der Waals surface area contributed by atoms with Crippen molar-refractivity contribution in [3.8, 4) is 0 Å². The van der Waals surface area contributed by atoms with E-state index < -0.39 is 11.8 Å². The molecule has 0 atom stereocenters. The van der Waals surface area contributed by atoms with Crippen molar-refractivity contribution in [3.05, 3.63) is 65.0 Å². The second-order valence-corrected chi connectivity index (χ2v) is 9.13. The third kappa shape index (κ3) is 7.18. The molecule has 3 rings (SSSR count). The lowest BCUT2D eigenvalue weighted by Gasteiger charge is -2.29. The van der Waals surface area contributed by atoms with Crippen molar-refractivity contribution in [3.63, 3.8) is 0 Å². The lowest BCUT2D eigenvalue weighted by molar-refractivity contribution is 0.302. The maximum atomic E-state index is 13.3. The van der Waals surface area contributed by atoms with Gasteiger partial charge in [-0.2, -0.15) is 4.39 Å². The van der Waals surface area contributed by atoms with Crippen LogP contribution < -0.4 is 0 Å². The molecule has 1 aliphatic carbocycles. The standard InChI is InChI=1S/C27H37F2N/c1-2-3-4-5-6-7-8-21-11-15-24(16-12-21)25-17-13-22(14-18-25)9-10-23-19-26(28)27(29)30-20-23/h13-14,17-21,24H,2-12,15-16H2,1H3. The predicted molar refractivity (Wildman–Crippen MR) is 121 cm³/mol. The molecule has 1 aliphatic rings. The Bertz CT molecular complexity index is 748. The number of halogens is 2. The second-order valence-electron chi connectivity index (χ2n) is 9.13. The van der Waals surface area contributed by atoms with Gasteiger partial charge in [-0.15, -0.1) is 0 Å². The topological polar surface area (TPSA) is 12.9 Å². The maximum Gasteiger partial charge on any atom is 0.248 e. The largest absolute Gasteiger partial charge is 0.248 e. The van der Waals surface area contributed by atoms with E-state index in [0.29, 0.717) is 12.3 Å². The van der Waals surface area contributed by atoms with Crippen molar-refractivity contribution < 1.29 is 8.78 Å². The molecule has 0 unspecified atom stereocenters. The molecule has 3 heteroatoms. The molecule has 1 aromatic carbocycles. The Labute approximate surface area is 181 Å². The van der Waals surface area contributed by atoms with Gasteiger partial charge in [-0.05, 0) is 73.1 Å². The molecule has 1 aromatic heterocycles. The molecule has 1 heterocycles. The number of nitrogens with zero attached hydrogens (tertiary/aromatic N) is 1. The number of pyridine rings is 1. The summed E-state index contributed by atoms with van der Waals surface area (Å²) in [6, 6.07) is 10.2. The average molecular weight is 414 g/mol. The Hall–Kier alpha value is -1.77. The fourth-order valence-corrected chi connectivity index (χ4v) is 4.84. The van der Waals surface area contributed by atoms with Gasteiger partial charge in [-0.3, -0.25) is 0 Å². The van der Waals surface area contributed by atoms with E-state index >= 15 is 0 Å². The molecule has 0 spiro atoms. The number of hydrogen-bond acceptors (Lipinski definition) is 1. The van der Waals surface area contributed by atoms with Crippen LogP contribution in [0.1, 0.15) is 100 Å². The zero-order valence-electron chi connectivity index (χ0n) is 18.5. The number of unbranched alkanes of at least 4 members (excludes halogenated alkanes) is 5. The molecule has 164 valence electrons. The molecule has 0 saturated heterocycles. The summed E-state index contributed by atoms with van der Waals surface area (Å²) in [6.45, 7) is 2.28. The number of aromatic nitrogens is 1. The predicted octanol–water partition coefficient (Wildman–Crippen LogP) is 8.17. The highest BCUT2D eigenvalue weighted by atomic mass is 19.2. The van der Waals surface area contributed by atoms with Crippen LogP contribution >= 0.6 is 0 Å². The first-order chi connectivity index (χ1) is 14.7. The van der Waals surface area contributed by atoms with Crippen molar-refractivity contribution in [1.29, 1.82) is 0 Å². The van der Waals surface area contributed by atoms with E-state index in [-0.39, 0.29) is 0 Å². The minimum absolute atomic E-state index is 0.674. The van der Waals surface area contributed by atoms with E-state index in [9.17, 15) is 8.78 Å². The molecule has 0 amide bonds. The summed E-state index contributed by atoms with van der Waals surface area (Å²) < 4.78 is 26.2. The Kier molecular flexibility index (Phi) is 9.29. The summed E-state index contributed by atoms with van der Waals surface area (Å²) in [5.41, 5.74) is 3.44. The van der Waals surface area contributed by atoms with Crippen molar-refractivity contribution in [2.75, 3.05) is 0 Å². The number of rotatable bonds is 11. The first-order valence-corrected chi connectivity index (χ1v) is 12.0. The van der Waals surface area contributed by atoms with Gasteiger partial charge >= 0.3 is 0 Å². The van der Waals surface area contributed by atoms with Crippen molar-refractivity contribution in [2.45, 2.75) is 96.3 Å². The van der Waals surface area contributed by atoms with Gasteiger partial charge in [0.15, 0.2) is 5.82 Å². The normalized spacial score (nSPS) is 19.2. The van der Waals surface area contributed by atoms with E-state index in [4.69, 9.17) is 0 Å². The van der Waals surface area contributed by atoms with E-state index in [2.05, 4.69) is 36.2 Å². The number of aryl methyl sites for hydroxylation is 2. The van der Waals surface area contributed by atoms with E-state index in [1.54, 1.807) is 0 Å². The molecule has 0 bridgehead atoms. The van der Waals surface area contributed by atoms with Crippen LogP contribution in [0.2, 0.25) is 0 Å². The minimum atomic E-state index is -1.02. The third-order valence-electron chi connectivity index (χ3n) is 6.82. The fraction of sp³-hybridized carbons (Fsp3) is 0.593. The van der Waals surface area contributed by atoms with E-state index in [1.165, 1.54) is 94.0 Å². The van der Waals surface area contributed by atoms with Crippen LogP contribution in [-0.2, 0) is 12.8 Å². The highest BCUT2D eigenvalue weighted by molar-refractivity contribution is 5.27. The van der Waals surface area contributed by atoms with Crippen LogP contribution in [0.15, 0.2) is 36.5 Å². The van der Waals surface area contributed by atoms with Crippen molar-refractivity contribution >= 4 is 0 Å². The van der Waals surface area contributed by atoms with Gasteiger partial charge in [0.1, 0.15) is 0 Å². The minimum Gasteiger partial charge on any atom is -0.225 e. The van der Waals surface area contributed by atoms with Gasteiger partial charge in [0.2, 0.25) is 5.95 Å². The Morgan fingerprint density at radius 3 is 2.20 bits per heavy atom. The van der Waals surface area contributed by atoms with Gasteiger partial charge in [0.25, 0.3) is 0 Å². The van der Waals surface area contributed by atoms with Crippen molar-refractivity contribution in [2.24, 2.45) is 5.92 Å². The highest BCUT2D eigenvalue weighted by Crippen LogP contribution is 2.37. The van der Waals surface area contributed by atoms with Gasteiger partial charge in [0, 0.05) is 6.20 Å². The molecule has 1 nitrogen and oxygen atoms in total. The summed E-state index contributed by atoms with van der Waals surface area (Å²) in [5.74, 6) is -0.244. The molecular formula is C27H37F2N. The van der Waals surface area contributed by atoms with Crippen LogP contribution in [0.3, 0.4) is 0 Å². The molecule has 1 fully saturated rings. The van der Waals surface area contributed by atoms with Gasteiger partial charge < -0.3 is 0 Å². The van der Waals surface area contributed by atoms with Crippen LogP contribution in [0, 0.1) is 17.7 Å². The quantitative estimate of drug-likeness (QED) is 0.267. The lowest BCUT2D eigenvalue weighted by atomic mass is 9.77. The number of hydrogen-bond donors (Lipinski definition) is 0.